The van der Waals surface area contributed by atoms with Gasteiger partial charge in [-0.2, -0.15) is 10.2 Å². The van der Waals surface area contributed by atoms with Crippen LogP contribution in [0.4, 0.5) is 0 Å². The van der Waals surface area contributed by atoms with Crippen LogP contribution in [-0.2, 0) is 6.61 Å². The summed E-state index contributed by atoms with van der Waals surface area (Å²) in [6, 6.07) is 25.8. The first-order chi connectivity index (χ1) is 12.3. The molecular formula is C21H17BrN2O. The zero-order valence-electron chi connectivity index (χ0n) is 13.5. The van der Waals surface area contributed by atoms with Gasteiger partial charge in [0.2, 0.25) is 0 Å². The van der Waals surface area contributed by atoms with Gasteiger partial charge >= 0.3 is 0 Å². The molecule has 124 valence electrons. The monoisotopic (exact) mass is 392 g/mol. The first kappa shape index (κ1) is 17.1. The SMILES string of the molecule is Brc1ccc(C=NN=Cc2cccc(OCc3ccccc3)c2)cc1. The van der Waals surface area contributed by atoms with Crippen LogP contribution in [0.3, 0.4) is 0 Å². The number of benzene rings is 3. The second-order valence-corrected chi connectivity index (χ2v) is 6.30. The fourth-order valence-electron chi connectivity index (χ4n) is 2.17. The number of ether oxygens (including phenoxy) is 1. The molecule has 0 aliphatic rings. The first-order valence-electron chi connectivity index (χ1n) is 7.88. The zero-order valence-corrected chi connectivity index (χ0v) is 15.1. The molecule has 0 spiro atoms. The molecule has 0 aliphatic carbocycles. The molecule has 0 fully saturated rings. The van der Waals surface area contributed by atoms with E-state index in [9.17, 15) is 0 Å². The summed E-state index contributed by atoms with van der Waals surface area (Å²) in [5.41, 5.74) is 3.08. The smallest absolute Gasteiger partial charge is 0.120 e. The molecule has 0 unspecified atom stereocenters. The van der Waals surface area contributed by atoms with Gasteiger partial charge in [-0.15, -0.1) is 0 Å². The maximum Gasteiger partial charge on any atom is 0.120 e. The maximum atomic E-state index is 5.81. The number of halogens is 1. The topological polar surface area (TPSA) is 34.0 Å². The Balaban J connectivity index is 1.58. The minimum atomic E-state index is 0.545. The molecule has 0 saturated heterocycles. The minimum Gasteiger partial charge on any atom is -0.489 e. The van der Waals surface area contributed by atoms with E-state index in [1.165, 1.54) is 0 Å². The molecule has 0 radical (unpaired) electrons. The predicted molar refractivity (Wildman–Crippen MR) is 107 cm³/mol. The summed E-state index contributed by atoms with van der Waals surface area (Å²) >= 11 is 3.41. The van der Waals surface area contributed by atoms with Crippen molar-refractivity contribution in [2.75, 3.05) is 0 Å². The summed E-state index contributed by atoms with van der Waals surface area (Å²) in [6.07, 6.45) is 3.43. The highest BCUT2D eigenvalue weighted by Crippen LogP contribution is 2.14. The molecule has 0 atom stereocenters. The lowest BCUT2D eigenvalue weighted by Crippen LogP contribution is -1.95. The Hall–Kier alpha value is -2.72. The number of nitrogens with zero attached hydrogens (tertiary/aromatic N) is 2. The Morgan fingerprint density at radius 1 is 0.760 bits per heavy atom. The van der Waals surface area contributed by atoms with E-state index in [-0.39, 0.29) is 0 Å². The second kappa shape index (κ2) is 8.94. The molecule has 0 heterocycles. The van der Waals surface area contributed by atoms with Gasteiger partial charge in [-0.05, 0) is 41.0 Å². The van der Waals surface area contributed by atoms with Crippen LogP contribution in [0.15, 0.2) is 93.5 Å². The van der Waals surface area contributed by atoms with E-state index < -0.39 is 0 Å². The summed E-state index contributed by atoms with van der Waals surface area (Å²) in [5, 5.41) is 8.17. The Morgan fingerprint density at radius 3 is 2.24 bits per heavy atom. The van der Waals surface area contributed by atoms with Crippen molar-refractivity contribution in [3.05, 3.63) is 100 Å². The van der Waals surface area contributed by atoms with Gasteiger partial charge in [-0.25, -0.2) is 0 Å². The van der Waals surface area contributed by atoms with Crippen LogP contribution in [0.25, 0.3) is 0 Å². The van der Waals surface area contributed by atoms with Crippen molar-refractivity contribution in [3.63, 3.8) is 0 Å². The third-order valence-corrected chi connectivity index (χ3v) is 3.99. The standard InChI is InChI=1S/C21H17BrN2O/c22-20-11-9-17(10-12-20)14-23-24-15-19-7-4-8-21(13-19)25-16-18-5-2-1-3-6-18/h1-15H,16H2. The van der Waals surface area contributed by atoms with Crippen LogP contribution in [0.5, 0.6) is 5.75 Å². The Kier molecular flexibility index (Phi) is 6.12. The quantitative estimate of drug-likeness (QED) is 0.403. The summed E-state index contributed by atoms with van der Waals surface area (Å²) in [4.78, 5) is 0. The summed E-state index contributed by atoms with van der Waals surface area (Å²) in [6.45, 7) is 0.545. The van der Waals surface area contributed by atoms with Crippen molar-refractivity contribution in [2.45, 2.75) is 6.61 Å². The molecule has 3 aromatic carbocycles. The van der Waals surface area contributed by atoms with Gasteiger partial charge in [-0.1, -0.05) is 70.5 Å². The first-order valence-corrected chi connectivity index (χ1v) is 8.68. The van der Waals surface area contributed by atoms with Gasteiger partial charge < -0.3 is 4.74 Å². The minimum absolute atomic E-state index is 0.545. The largest absolute Gasteiger partial charge is 0.489 e. The molecule has 0 aliphatic heterocycles. The fourth-order valence-corrected chi connectivity index (χ4v) is 2.44. The van der Waals surface area contributed by atoms with Crippen molar-refractivity contribution >= 4 is 28.4 Å². The number of hydrogen-bond acceptors (Lipinski definition) is 3. The highest BCUT2D eigenvalue weighted by atomic mass is 79.9. The maximum absolute atomic E-state index is 5.81. The molecule has 3 nitrogen and oxygen atoms in total. The van der Waals surface area contributed by atoms with E-state index in [2.05, 4.69) is 26.1 Å². The average molecular weight is 393 g/mol. The Bertz CT molecular complexity index is 859. The highest BCUT2D eigenvalue weighted by Gasteiger charge is 1.96. The number of rotatable bonds is 6. The van der Waals surface area contributed by atoms with E-state index in [4.69, 9.17) is 4.74 Å². The zero-order chi connectivity index (χ0) is 17.3. The van der Waals surface area contributed by atoms with E-state index in [0.29, 0.717) is 6.61 Å². The Morgan fingerprint density at radius 2 is 1.48 bits per heavy atom. The molecule has 0 bridgehead atoms. The van der Waals surface area contributed by atoms with Crippen molar-refractivity contribution < 1.29 is 4.74 Å². The van der Waals surface area contributed by atoms with Gasteiger partial charge in [0.1, 0.15) is 12.4 Å². The molecule has 4 heteroatoms. The van der Waals surface area contributed by atoms with Crippen molar-refractivity contribution in [1.82, 2.24) is 0 Å². The highest BCUT2D eigenvalue weighted by molar-refractivity contribution is 9.10. The van der Waals surface area contributed by atoms with E-state index in [1.807, 2.05) is 78.9 Å². The normalized spacial score (nSPS) is 11.2. The second-order valence-electron chi connectivity index (χ2n) is 5.39. The van der Waals surface area contributed by atoms with Crippen LogP contribution in [0, 0.1) is 0 Å². The van der Waals surface area contributed by atoms with Crippen LogP contribution in [0.2, 0.25) is 0 Å². The van der Waals surface area contributed by atoms with Gasteiger partial charge in [0, 0.05) is 4.47 Å². The van der Waals surface area contributed by atoms with Crippen LogP contribution in [-0.4, -0.2) is 12.4 Å². The predicted octanol–water partition coefficient (Wildman–Crippen LogP) is 5.48. The third-order valence-electron chi connectivity index (χ3n) is 3.46. The average Bonchev–Trinajstić information content (AvgIpc) is 2.66. The van der Waals surface area contributed by atoms with Crippen molar-refractivity contribution in [3.8, 4) is 5.75 Å². The van der Waals surface area contributed by atoms with Gasteiger partial charge in [0.15, 0.2) is 0 Å². The van der Waals surface area contributed by atoms with E-state index >= 15 is 0 Å². The fraction of sp³-hybridized carbons (Fsp3) is 0.0476. The molecule has 0 amide bonds. The molecule has 0 saturated carbocycles. The van der Waals surface area contributed by atoms with Crippen LogP contribution < -0.4 is 4.74 Å². The number of hydrogen-bond donors (Lipinski definition) is 0. The van der Waals surface area contributed by atoms with Crippen LogP contribution in [0.1, 0.15) is 16.7 Å². The molecule has 0 aromatic heterocycles. The van der Waals surface area contributed by atoms with E-state index in [1.54, 1.807) is 12.4 Å². The molecule has 3 aromatic rings. The molecule has 3 rings (SSSR count). The lowest BCUT2D eigenvalue weighted by atomic mass is 10.2. The molecule has 25 heavy (non-hydrogen) atoms. The van der Waals surface area contributed by atoms with Crippen molar-refractivity contribution in [2.24, 2.45) is 10.2 Å². The van der Waals surface area contributed by atoms with Gasteiger partial charge in [0.25, 0.3) is 0 Å². The molecular weight excluding hydrogens is 376 g/mol. The summed E-state index contributed by atoms with van der Waals surface area (Å²) in [7, 11) is 0. The molecule has 0 N–H and O–H groups in total. The van der Waals surface area contributed by atoms with Crippen LogP contribution >= 0.6 is 15.9 Å². The van der Waals surface area contributed by atoms with Crippen molar-refractivity contribution in [1.29, 1.82) is 0 Å². The van der Waals surface area contributed by atoms with Gasteiger partial charge in [0.05, 0.1) is 12.4 Å². The lowest BCUT2D eigenvalue weighted by Gasteiger charge is -2.06. The Labute approximate surface area is 155 Å². The van der Waals surface area contributed by atoms with Gasteiger partial charge in [-0.3, -0.25) is 0 Å². The van der Waals surface area contributed by atoms with E-state index in [0.717, 1.165) is 26.9 Å². The lowest BCUT2D eigenvalue weighted by molar-refractivity contribution is 0.306. The summed E-state index contributed by atoms with van der Waals surface area (Å²) in [5.74, 6) is 0.810. The summed E-state index contributed by atoms with van der Waals surface area (Å²) < 4.78 is 6.86. The third kappa shape index (κ3) is 5.69.